The van der Waals surface area contributed by atoms with Crippen molar-refractivity contribution < 1.29 is 18.8 Å². The van der Waals surface area contributed by atoms with Crippen LogP contribution in [0.25, 0.3) is 10.2 Å². The molecule has 2 aromatic rings. The van der Waals surface area contributed by atoms with Gasteiger partial charge in [0.25, 0.3) is 0 Å². The molecule has 2 fully saturated rings. The Labute approximate surface area is 179 Å². The molecule has 1 aliphatic heterocycles. The van der Waals surface area contributed by atoms with Gasteiger partial charge in [0.05, 0.1) is 5.39 Å². The molecule has 1 amide bonds. The number of allylic oxidation sites excluding steroid dienone is 1. The molecule has 0 aromatic carbocycles. The summed E-state index contributed by atoms with van der Waals surface area (Å²) in [5, 5.41) is 1.00. The number of hydrogen-bond acceptors (Lipinski definition) is 6. The van der Waals surface area contributed by atoms with E-state index in [9.17, 15) is 4.79 Å². The van der Waals surface area contributed by atoms with Crippen LogP contribution in [-0.2, 0) is 16.0 Å². The maximum atomic E-state index is 11.5. The summed E-state index contributed by atoms with van der Waals surface area (Å²) in [5.74, 6) is 4.14. The zero-order chi connectivity index (χ0) is 20.5. The van der Waals surface area contributed by atoms with Crippen LogP contribution in [0, 0.1) is 0 Å². The summed E-state index contributed by atoms with van der Waals surface area (Å²) in [6, 6.07) is 0. The molecule has 0 unspecified atom stereocenters. The lowest BCUT2D eigenvalue weighted by Gasteiger charge is -2.23. The highest BCUT2D eigenvalue weighted by Crippen LogP contribution is 2.47. The number of rotatable bonds is 4. The molecule has 2 N–H and O–H groups in total. The third-order valence-corrected chi connectivity index (χ3v) is 7.46. The standard InChI is InChI=1S/C22H26N4O3S/c23-18(27)11-15-3-6-17-19(15)20-21(24-13-25-22(20)30-17)29-16-4-1-14(2-5-16)12-26-7-9-28-10-8-26/h13,15-16H,1-11H2,(H-,23,27)/p+1/t15-/m1/s1. The van der Waals surface area contributed by atoms with Crippen LogP contribution in [0.4, 0.5) is 0 Å². The number of fused-ring (bicyclic) bond motifs is 3. The Balaban J connectivity index is 1.34. The second kappa shape index (κ2) is 8.46. The number of ether oxygens (including phenoxy) is 2. The summed E-state index contributed by atoms with van der Waals surface area (Å²) < 4.78 is 14.1. The fraction of sp³-hybridized carbons (Fsp3) is 0.591. The maximum absolute atomic E-state index is 11.5. The first-order chi connectivity index (χ1) is 14.7. The minimum absolute atomic E-state index is 0.143. The van der Waals surface area contributed by atoms with E-state index in [1.807, 2.05) is 0 Å². The van der Waals surface area contributed by atoms with E-state index < -0.39 is 0 Å². The molecule has 8 heteroatoms. The molecule has 1 saturated heterocycles. The van der Waals surface area contributed by atoms with Crippen LogP contribution in [0.2, 0.25) is 0 Å². The minimum Gasteiger partial charge on any atom is -0.474 e. The van der Waals surface area contributed by atoms with Gasteiger partial charge in [-0.15, -0.1) is 11.3 Å². The van der Waals surface area contributed by atoms with Crippen molar-refractivity contribution in [3.05, 3.63) is 22.3 Å². The van der Waals surface area contributed by atoms with E-state index in [4.69, 9.17) is 15.2 Å². The quantitative estimate of drug-likeness (QED) is 0.758. The minimum atomic E-state index is -0.255. The van der Waals surface area contributed by atoms with Crippen LogP contribution in [0.3, 0.4) is 0 Å². The second-order valence-corrected chi connectivity index (χ2v) is 9.42. The average Bonchev–Trinajstić information content (AvgIpc) is 3.30. The number of thiophene rings is 1. The third-order valence-electron chi connectivity index (χ3n) is 6.28. The van der Waals surface area contributed by atoms with Crippen molar-refractivity contribution in [1.82, 2.24) is 9.97 Å². The van der Waals surface area contributed by atoms with E-state index in [0.717, 1.165) is 75.0 Å². The van der Waals surface area contributed by atoms with Gasteiger partial charge in [-0.05, 0) is 50.0 Å². The van der Waals surface area contributed by atoms with E-state index in [1.54, 1.807) is 17.7 Å². The number of morpholine rings is 1. The van der Waals surface area contributed by atoms with Gasteiger partial charge in [-0.25, -0.2) is 9.97 Å². The lowest BCUT2D eigenvalue weighted by atomic mass is 9.93. The first kappa shape index (κ1) is 19.7. The van der Waals surface area contributed by atoms with Crippen molar-refractivity contribution in [2.24, 2.45) is 5.73 Å². The van der Waals surface area contributed by atoms with Crippen molar-refractivity contribution >= 4 is 33.3 Å². The summed E-state index contributed by atoms with van der Waals surface area (Å²) in [6.45, 7) is 3.44. The topological polar surface area (TPSA) is 90.3 Å². The molecule has 0 radical (unpaired) electrons. The monoisotopic (exact) mass is 427 g/mol. The van der Waals surface area contributed by atoms with Crippen LogP contribution in [0.1, 0.15) is 54.9 Å². The lowest BCUT2D eigenvalue weighted by molar-refractivity contribution is -0.543. The molecule has 0 spiro atoms. The second-order valence-electron chi connectivity index (χ2n) is 8.34. The van der Waals surface area contributed by atoms with Crippen LogP contribution < -0.4 is 10.5 Å². The van der Waals surface area contributed by atoms with Crippen LogP contribution in [0.15, 0.2) is 11.9 Å². The number of carbonyl (C=O) groups excluding carboxylic acids is 1. The summed E-state index contributed by atoms with van der Waals surface area (Å²) in [6.07, 6.45) is 7.99. The molecule has 2 aromatic heterocycles. The first-order valence-electron chi connectivity index (χ1n) is 10.8. The number of hydrogen-bond donors (Lipinski definition) is 1. The Bertz CT molecular complexity index is 1020. The van der Waals surface area contributed by atoms with Crippen molar-refractivity contribution in [3.63, 3.8) is 0 Å². The Morgan fingerprint density at radius 2 is 2.03 bits per heavy atom. The predicted octanol–water partition coefficient (Wildman–Crippen LogP) is 2.56. The van der Waals surface area contributed by atoms with Gasteiger partial charge in [-0.3, -0.25) is 4.79 Å². The van der Waals surface area contributed by atoms with E-state index >= 15 is 0 Å². The highest BCUT2D eigenvalue weighted by Gasteiger charge is 2.32. The SMILES string of the molecule is NC(=O)C[C@H]1CCc2sc3ncnc(OC4CCC(=C=[N+]5CCOCC5)CC4)c3c21. The van der Waals surface area contributed by atoms with Gasteiger partial charge in [0, 0.05) is 16.9 Å². The summed E-state index contributed by atoms with van der Waals surface area (Å²) in [4.78, 5) is 22.8. The predicted molar refractivity (Wildman–Crippen MR) is 115 cm³/mol. The molecular formula is C22H27N4O3S+. The van der Waals surface area contributed by atoms with Gasteiger partial charge in [0.2, 0.25) is 11.8 Å². The molecule has 3 heterocycles. The average molecular weight is 428 g/mol. The molecule has 0 bridgehead atoms. The Hall–Kier alpha value is -2.28. The molecule has 5 rings (SSSR count). The highest BCUT2D eigenvalue weighted by atomic mass is 32.1. The molecule has 2 aliphatic carbocycles. The van der Waals surface area contributed by atoms with E-state index in [2.05, 4.69) is 20.4 Å². The normalized spacial score (nSPS) is 24.0. The zero-order valence-electron chi connectivity index (χ0n) is 17.1. The van der Waals surface area contributed by atoms with Gasteiger partial charge in [0.15, 0.2) is 19.0 Å². The number of primary amides is 1. The number of carbonyl (C=O) groups is 1. The molecule has 158 valence electrons. The van der Waals surface area contributed by atoms with Crippen molar-refractivity contribution in [3.8, 4) is 5.88 Å². The summed E-state index contributed by atoms with van der Waals surface area (Å²) >= 11 is 1.70. The Morgan fingerprint density at radius 3 is 2.80 bits per heavy atom. The lowest BCUT2D eigenvalue weighted by Crippen LogP contribution is -2.29. The number of amides is 1. The highest BCUT2D eigenvalue weighted by molar-refractivity contribution is 7.19. The molecule has 30 heavy (non-hydrogen) atoms. The van der Waals surface area contributed by atoms with Crippen molar-refractivity contribution in [2.75, 3.05) is 26.3 Å². The van der Waals surface area contributed by atoms with E-state index in [-0.39, 0.29) is 17.9 Å². The third kappa shape index (κ3) is 4.00. The van der Waals surface area contributed by atoms with Gasteiger partial charge in [-0.1, -0.05) is 0 Å². The first-order valence-corrected chi connectivity index (χ1v) is 11.6. The number of aryl methyl sites for hydroxylation is 1. The fourth-order valence-electron chi connectivity index (χ4n) is 4.80. The van der Waals surface area contributed by atoms with Gasteiger partial charge >= 0.3 is 0 Å². The number of aromatic nitrogens is 2. The van der Waals surface area contributed by atoms with Gasteiger partial charge < -0.3 is 15.2 Å². The zero-order valence-corrected chi connectivity index (χ0v) is 17.9. The molecular weight excluding hydrogens is 400 g/mol. The smallest absolute Gasteiger partial charge is 0.225 e. The molecule has 7 nitrogen and oxygen atoms in total. The number of nitrogens with zero attached hydrogens (tertiary/aromatic N) is 3. The Morgan fingerprint density at radius 1 is 1.23 bits per heavy atom. The Kier molecular flexibility index (Phi) is 5.54. The van der Waals surface area contributed by atoms with Crippen LogP contribution >= 0.6 is 11.3 Å². The van der Waals surface area contributed by atoms with E-state index in [1.165, 1.54) is 16.0 Å². The molecule has 1 atom stereocenters. The molecule has 1 saturated carbocycles. The van der Waals surface area contributed by atoms with Gasteiger partial charge in [-0.2, -0.15) is 4.58 Å². The van der Waals surface area contributed by atoms with Crippen molar-refractivity contribution in [1.29, 1.82) is 0 Å². The van der Waals surface area contributed by atoms with Crippen LogP contribution in [-0.4, -0.2) is 58.7 Å². The van der Waals surface area contributed by atoms with E-state index in [0.29, 0.717) is 12.3 Å². The van der Waals surface area contributed by atoms with Crippen LogP contribution in [0.5, 0.6) is 5.88 Å². The van der Waals surface area contributed by atoms with Gasteiger partial charge in [0.1, 0.15) is 30.5 Å². The van der Waals surface area contributed by atoms with Crippen molar-refractivity contribution in [2.45, 2.75) is 57.0 Å². The maximum Gasteiger partial charge on any atom is 0.225 e. The summed E-state index contributed by atoms with van der Waals surface area (Å²) in [5.41, 5.74) is 8.07. The fourth-order valence-corrected chi connectivity index (χ4v) is 6.03. The number of nitrogens with two attached hydrogens (primary N) is 1. The summed E-state index contributed by atoms with van der Waals surface area (Å²) in [7, 11) is 0. The molecule has 3 aliphatic rings. The largest absolute Gasteiger partial charge is 0.474 e.